The van der Waals surface area contributed by atoms with Crippen LogP contribution in [0.25, 0.3) is 16.8 Å². The minimum atomic E-state index is -4.43. The van der Waals surface area contributed by atoms with Crippen molar-refractivity contribution in [3.63, 3.8) is 0 Å². The second-order valence-corrected chi connectivity index (χ2v) is 5.15. The standard InChI is InChI=1S/C15H10ClF3N2/c1-9-8-12(15(17,18)19)21-7-6-20-14(21)13(9)10-2-4-11(16)5-3-10/h2-8H,1H3. The first-order valence-corrected chi connectivity index (χ1v) is 6.55. The highest BCUT2D eigenvalue weighted by atomic mass is 35.5. The van der Waals surface area contributed by atoms with E-state index in [0.717, 1.165) is 16.0 Å². The average Bonchev–Trinajstić information content (AvgIpc) is 2.87. The largest absolute Gasteiger partial charge is 0.431 e. The quantitative estimate of drug-likeness (QED) is 0.619. The van der Waals surface area contributed by atoms with Crippen molar-refractivity contribution in [1.29, 1.82) is 0 Å². The summed E-state index contributed by atoms with van der Waals surface area (Å²) in [6, 6.07) is 8.08. The van der Waals surface area contributed by atoms with E-state index in [0.29, 0.717) is 16.1 Å². The number of rotatable bonds is 1. The smallest absolute Gasteiger partial charge is 0.295 e. The third-order valence-electron chi connectivity index (χ3n) is 3.29. The molecular weight excluding hydrogens is 301 g/mol. The molecule has 0 N–H and O–H groups in total. The van der Waals surface area contributed by atoms with E-state index in [9.17, 15) is 13.2 Å². The van der Waals surface area contributed by atoms with Gasteiger partial charge in [-0.05, 0) is 36.2 Å². The van der Waals surface area contributed by atoms with E-state index in [4.69, 9.17) is 11.6 Å². The lowest BCUT2D eigenvalue weighted by Crippen LogP contribution is -2.12. The molecule has 0 radical (unpaired) electrons. The molecule has 108 valence electrons. The summed E-state index contributed by atoms with van der Waals surface area (Å²) in [5.41, 5.74) is 1.52. The first kappa shape index (κ1) is 13.9. The number of halogens is 4. The minimum absolute atomic E-state index is 0.282. The molecular formula is C15H10ClF3N2. The van der Waals surface area contributed by atoms with Crippen molar-refractivity contribution < 1.29 is 13.2 Å². The van der Waals surface area contributed by atoms with Gasteiger partial charge in [-0.15, -0.1) is 0 Å². The molecule has 0 aliphatic rings. The Bertz CT molecular complexity index is 804. The molecule has 0 aliphatic carbocycles. The molecule has 3 aromatic rings. The lowest BCUT2D eigenvalue weighted by Gasteiger charge is -2.15. The molecule has 0 saturated carbocycles. The summed E-state index contributed by atoms with van der Waals surface area (Å²) in [6.07, 6.45) is -1.75. The van der Waals surface area contributed by atoms with Gasteiger partial charge in [0.05, 0.1) is 0 Å². The number of benzene rings is 1. The lowest BCUT2D eigenvalue weighted by molar-refractivity contribution is -0.142. The fraction of sp³-hybridized carbons (Fsp3) is 0.133. The van der Waals surface area contributed by atoms with E-state index in [1.54, 1.807) is 31.2 Å². The maximum Gasteiger partial charge on any atom is 0.431 e. The van der Waals surface area contributed by atoms with Gasteiger partial charge >= 0.3 is 6.18 Å². The predicted molar refractivity (Wildman–Crippen MR) is 75.4 cm³/mol. The summed E-state index contributed by atoms with van der Waals surface area (Å²) in [7, 11) is 0. The molecule has 0 aliphatic heterocycles. The maximum absolute atomic E-state index is 13.1. The second-order valence-electron chi connectivity index (χ2n) is 4.71. The number of nitrogens with zero attached hydrogens (tertiary/aromatic N) is 2. The number of aryl methyl sites for hydroxylation is 1. The Kier molecular flexibility index (Phi) is 3.17. The van der Waals surface area contributed by atoms with Crippen LogP contribution in [-0.2, 0) is 6.18 Å². The van der Waals surface area contributed by atoms with Gasteiger partial charge in [-0.3, -0.25) is 4.40 Å². The Labute approximate surface area is 123 Å². The predicted octanol–water partition coefficient (Wildman–Crippen LogP) is 4.98. The molecule has 0 unspecified atom stereocenters. The molecule has 0 bridgehead atoms. The number of aromatic nitrogens is 2. The van der Waals surface area contributed by atoms with Crippen LogP contribution in [0.4, 0.5) is 13.2 Å². The van der Waals surface area contributed by atoms with Gasteiger partial charge in [0.2, 0.25) is 0 Å². The molecule has 3 rings (SSSR count). The summed E-state index contributed by atoms with van der Waals surface area (Å²) in [6.45, 7) is 1.65. The SMILES string of the molecule is Cc1cc(C(F)(F)F)n2ccnc2c1-c1ccc(Cl)cc1. The van der Waals surface area contributed by atoms with Gasteiger partial charge in [-0.2, -0.15) is 13.2 Å². The van der Waals surface area contributed by atoms with Crippen molar-refractivity contribution in [2.24, 2.45) is 0 Å². The van der Waals surface area contributed by atoms with Crippen LogP contribution >= 0.6 is 11.6 Å². The summed E-state index contributed by atoms with van der Waals surface area (Å²) < 4.78 is 40.4. The molecule has 0 spiro atoms. The van der Waals surface area contributed by atoms with E-state index in [-0.39, 0.29) is 5.65 Å². The van der Waals surface area contributed by atoms with Gasteiger partial charge in [-0.25, -0.2) is 4.98 Å². The lowest BCUT2D eigenvalue weighted by atomic mass is 10.0. The Hall–Kier alpha value is -2.01. The number of hydrogen-bond donors (Lipinski definition) is 0. The van der Waals surface area contributed by atoms with Gasteiger partial charge in [0.15, 0.2) is 0 Å². The zero-order valence-electron chi connectivity index (χ0n) is 10.9. The van der Waals surface area contributed by atoms with Gasteiger partial charge in [0.25, 0.3) is 0 Å². The third kappa shape index (κ3) is 2.38. The normalized spacial score (nSPS) is 12.0. The fourth-order valence-electron chi connectivity index (χ4n) is 2.40. The van der Waals surface area contributed by atoms with Crippen molar-refractivity contribution >= 4 is 17.2 Å². The fourth-order valence-corrected chi connectivity index (χ4v) is 2.52. The summed E-state index contributed by atoms with van der Waals surface area (Å²) >= 11 is 5.85. The van der Waals surface area contributed by atoms with Gasteiger partial charge in [0, 0.05) is 23.0 Å². The van der Waals surface area contributed by atoms with Crippen molar-refractivity contribution in [1.82, 2.24) is 9.38 Å². The molecule has 0 amide bonds. The second kappa shape index (κ2) is 4.77. The Morgan fingerprint density at radius 3 is 2.43 bits per heavy atom. The van der Waals surface area contributed by atoms with Gasteiger partial charge < -0.3 is 0 Å². The zero-order valence-corrected chi connectivity index (χ0v) is 11.7. The van der Waals surface area contributed by atoms with Crippen LogP contribution in [0.2, 0.25) is 5.02 Å². The van der Waals surface area contributed by atoms with Gasteiger partial charge in [0.1, 0.15) is 11.3 Å². The topological polar surface area (TPSA) is 17.3 Å². The molecule has 2 heterocycles. The number of pyridine rings is 1. The van der Waals surface area contributed by atoms with Crippen LogP contribution in [0.15, 0.2) is 42.7 Å². The molecule has 1 aromatic carbocycles. The molecule has 0 atom stereocenters. The first-order chi connectivity index (χ1) is 9.88. The number of fused-ring (bicyclic) bond motifs is 1. The molecule has 21 heavy (non-hydrogen) atoms. The molecule has 2 nitrogen and oxygen atoms in total. The molecule has 6 heteroatoms. The first-order valence-electron chi connectivity index (χ1n) is 6.18. The highest BCUT2D eigenvalue weighted by molar-refractivity contribution is 6.30. The maximum atomic E-state index is 13.1. The van der Waals surface area contributed by atoms with Crippen LogP contribution in [0.5, 0.6) is 0 Å². The Balaban J connectivity index is 2.33. The Morgan fingerprint density at radius 1 is 1.14 bits per heavy atom. The van der Waals surface area contributed by atoms with Gasteiger partial charge in [-0.1, -0.05) is 23.7 Å². The van der Waals surface area contributed by atoms with Crippen LogP contribution in [-0.4, -0.2) is 9.38 Å². The van der Waals surface area contributed by atoms with E-state index >= 15 is 0 Å². The molecule has 2 aromatic heterocycles. The van der Waals surface area contributed by atoms with Crippen LogP contribution in [0.3, 0.4) is 0 Å². The van der Waals surface area contributed by atoms with Crippen LogP contribution in [0, 0.1) is 6.92 Å². The third-order valence-corrected chi connectivity index (χ3v) is 3.55. The molecule has 0 fully saturated rings. The van der Waals surface area contributed by atoms with E-state index in [1.165, 1.54) is 12.4 Å². The summed E-state index contributed by atoms with van der Waals surface area (Å²) in [4.78, 5) is 4.08. The highest BCUT2D eigenvalue weighted by Crippen LogP contribution is 2.35. The Morgan fingerprint density at radius 2 is 1.81 bits per heavy atom. The average molecular weight is 311 g/mol. The summed E-state index contributed by atoms with van der Waals surface area (Å²) in [5, 5.41) is 0.572. The molecule has 0 saturated heterocycles. The number of hydrogen-bond acceptors (Lipinski definition) is 1. The van der Waals surface area contributed by atoms with Crippen LogP contribution in [0.1, 0.15) is 11.3 Å². The van der Waals surface area contributed by atoms with Crippen molar-refractivity contribution in [3.05, 3.63) is 59.0 Å². The number of imidazole rings is 1. The number of alkyl halides is 3. The highest BCUT2D eigenvalue weighted by Gasteiger charge is 2.34. The zero-order chi connectivity index (χ0) is 15.2. The summed E-state index contributed by atoms with van der Waals surface area (Å²) in [5.74, 6) is 0. The minimum Gasteiger partial charge on any atom is -0.295 e. The van der Waals surface area contributed by atoms with E-state index in [1.807, 2.05) is 0 Å². The van der Waals surface area contributed by atoms with E-state index < -0.39 is 11.9 Å². The van der Waals surface area contributed by atoms with Crippen LogP contribution < -0.4 is 0 Å². The van der Waals surface area contributed by atoms with E-state index in [2.05, 4.69) is 4.98 Å². The monoisotopic (exact) mass is 310 g/mol. The van der Waals surface area contributed by atoms with Crippen molar-refractivity contribution in [2.75, 3.05) is 0 Å². The van der Waals surface area contributed by atoms with Crippen molar-refractivity contribution in [2.45, 2.75) is 13.1 Å². The van der Waals surface area contributed by atoms with Crippen molar-refractivity contribution in [3.8, 4) is 11.1 Å².